The van der Waals surface area contributed by atoms with Gasteiger partial charge in [0.2, 0.25) is 5.91 Å². The van der Waals surface area contributed by atoms with Crippen LogP contribution in [0.4, 0.5) is 0 Å². The summed E-state index contributed by atoms with van der Waals surface area (Å²) in [5.41, 5.74) is 3.10. The van der Waals surface area contributed by atoms with E-state index in [2.05, 4.69) is 0 Å². The maximum Gasteiger partial charge on any atom is 0.340 e. The number of aldehydes is 1. The fraction of sp³-hybridized carbons (Fsp3) is 0.769. The van der Waals surface area contributed by atoms with Gasteiger partial charge in [0.15, 0.2) is 11.8 Å². The Balaban J connectivity index is 3.04. The Bertz CT molecular complexity index is 404. The lowest BCUT2D eigenvalue weighted by Gasteiger charge is -2.35. The number of hydrogen-bond acceptors (Lipinski definition) is 6. The van der Waals surface area contributed by atoms with Gasteiger partial charge in [0.05, 0.1) is 6.61 Å². The van der Waals surface area contributed by atoms with Crippen LogP contribution in [0.3, 0.4) is 0 Å². The van der Waals surface area contributed by atoms with Gasteiger partial charge in [-0.1, -0.05) is 0 Å². The van der Waals surface area contributed by atoms with Crippen molar-refractivity contribution in [1.82, 2.24) is 4.90 Å². The van der Waals surface area contributed by atoms with Crippen molar-refractivity contribution in [1.29, 1.82) is 0 Å². The van der Waals surface area contributed by atoms with E-state index in [0.29, 0.717) is 12.7 Å². The fourth-order valence-corrected chi connectivity index (χ4v) is 2.18. The zero-order valence-corrected chi connectivity index (χ0v) is 12.1. The van der Waals surface area contributed by atoms with Gasteiger partial charge in [-0.05, 0) is 33.6 Å². The fourth-order valence-electron chi connectivity index (χ4n) is 2.18. The SMILES string of the molecule is CC(C)(C)OC(=O)[C@@]1(C=O)CCCN1C(=O)[C@@H](N)CO. The number of aliphatic hydroxyl groups is 1. The molecule has 1 amide bonds. The minimum absolute atomic E-state index is 0.204. The van der Waals surface area contributed by atoms with Gasteiger partial charge in [-0.3, -0.25) is 4.79 Å². The summed E-state index contributed by atoms with van der Waals surface area (Å²) in [6, 6.07) is -1.14. The number of carbonyl (C=O) groups excluding carboxylic acids is 3. The molecule has 2 atom stereocenters. The molecule has 1 fully saturated rings. The van der Waals surface area contributed by atoms with Gasteiger partial charge >= 0.3 is 5.97 Å². The summed E-state index contributed by atoms with van der Waals surface area (Å²) >= 11 is 0. The molecule has 1 saturated heterocycles. The molecule has 114 valence electrons. The molecule has 0 aliphatic carbocycles. The molecule has 0 radical (unpaired) electrons. The van der Waals surface area contributed by atoms with Crippen molar-refractivity contribution in [2.75, 3.05) is 13.2 Å². The minimum Gasteiger partial charge on any atom is -0.458 e. The summed E-state index contributed by atoms with van der Waals surface area (Å²) in [6.45, 7) is 4.75. The van der Waals surface area contributed by atoms with E-state index in [0.717, 1.165) is 4.90 Å². The molecule has 1 aliphatic rings. The van der Waals surface area contributed by atoms with E-state index < -0.39 is 35.7 Å². The Hall–Kier alpha value is -1.47. The van der Waals surface area contributed by atoms with Crippen LogP contribution in [0.15, 0.2) is 0 Å². The minimum atomic E-state index is -1.63. The highest BCUT2D eigenvalue weighted by atomic mass is 16.6. The van der Waals surface area contributed by atoms with Gasteiger partial charge in [0.1, 0.15) is 11.6 Å². The van der Waals surface area contributed by atoms with Crippen LogP contribution >= 0.6 is 0 Å². The molecule has 0 aromatic heterocycles. The van der Waals surface area contributed by atoms with Crippen molar-refractivity contribution in [2.24, 2.45) is 5.73 Å². The van der Waals surface area contributed by atoms with Crippen LogP contribution in [0.25, 0.3) is 0 Å². The van der Waals surface area contributed by atoms with E-state index in [9.17, 15) is 14.4 Å². The van der Waals surface area contributed by atoms with Gasteiger partial charge in [0.25, 0.3) is 0 Å². The zero-order chi connectivity index (χ0) is 15.6. The average Bonchev–Trinajstić information content (AvgIpc) is 2.79. The maximum atomic E-state index is 12.3. The maximum absolute atomic E-state index is 12.3. The number of hydrogen-bond donors (Lipinski definition) is 2. The van der Waals surface area contributed by atoms with Crippen molar-refractivity contribution in [3.63, 3.8) is 0 Å². The lowest BCUT2D eigenvalue weighted by Crippen LogP contribution is -2.60. The molecule has 0 aromatic rings. The molecule has 1 rings (SSSR count). The second kappa shape index (κ2) is 5.88. The van der Waals surface area contributed by atoms with Crippen LogP contribution in [0, 0.1) is 0 Å². The first kappa shape index (κ1) is 16.6. The van der Waals surface area contributed by atoms with E-state index in [1.807, 2.05) is 0 Å². The molecule has 0 unspecified atom stereocenters. The Labute approximate surface area is 118 Å². The van der Waals surface area contributed by atoms with Crippen LogP contribution in [0.2, 0.25) is 0 Å². The molecule has 20 heavy (non-hydrogen) atoms. The quantitative estimate of drug-likeness (QED) is 0.398. The highest BCUT2D eigenvalue weighted by Gasteiger charge is 2.52. The normalized spacial score (nSPS) is 24.4. The topological polar surface area (TPSA) is 110 Å². The molecule has 7 nitrogen and oxygen atoms in total. The number of rotatable bonds is 4. The van der Waals surface area contributed by atoms with Gasteiger partial charge < -0.3 is 25.3 Å². The van der Waals surface area contributed by atoms with Crippen molar-refractivity contribution in [3.8, 4) is 0 Å². The number of nitrogens with zero attached hydrogens (tertiary/aromatic N) is 1. The summed E-state index contributed by atoms with van der Waals surface area (Å²) in [6.07, 6.45) is 1.15. The van der Waals surface area contributed by atoms with E-state index in [1.54, 1.807) is 20.8 Å². The zero-order valence-electron chi connectivity index (χ0n) is 12.1. The van der Waals surface area contributed by atoms with Crippen molar-refractivity contribution in [3.05, 3.63) is 0 Å². The van der Waals surface area contributed by atoms with Gasteiger partial charge in [-0.2, -0.15) is 0 Å². The van der Waals surface area contributed by atoms with Crippen LogP contribution in [-0.2, 0) is 19.1 Å². The van der Waals surface area contributed by atoms with E-state index >= 15 is 0 Å². The number of esters is 1. The van der Waals surface area contributed by atoms with Crippen molar-refractivity contribution in [2.45, 2.75) is 50.8 Å². The first-order valence-electron chi connectivity index (χ1n) is 6.55. The third-order valence-corrected chi connectivity index (χ3v) is 3.15. The largest absolute Gasteiger partial charge is 0.458 e. The van der Waals surface area contributed by atoms with Crippen molar-refractivity contribution < 1.29 is 24.2 Å². The van der Waals surface area contributed by atoms with Gasteiger partial charge in [-0.15, -0.1) is 0 Å². The summed E-state index contributed by atoms with van der Waals surface area (Å²) in [5, 5.41) is 8.96. The molecule has 0 saturated carbocycles. The molecule has 0 bridgehead atoms. The molecule has 1 aliphatic heterocycles. The molecular formula is C13H22N2O5. The third-order valence-electron chi connectivity index (χ3n) is 3.15. The first-order valence-corrected chi connectivity index (χ1v) is 6.55. The lowest BCUT2D eigenvalue weighted by atomic mass is 9.97. The summed E-state index contributed by atoms with van der Waals surface area (Å²) in [4.78, 5) is 37.0. The van der Waals surface area contributed by atoms with Crippen LogP contribution in [0.5, 0.6) is 0 Å². The Kier molecular flexibility index (Phi) is 4.88. The molecular weight excluding hydrogens is 264 g/mol. The Morgan fingerprint density at radius 2 is 2.10 bits per heavy atom. The van der Waals surface area contributed by atoms with E-state index in [4.69, 9.17) is 15.6 Å². The number of aliphatic hydroxyl groups excluding tert-OH is 1. The number of nitrogens with two attached hydrogens (primary N) is 1. The molecule has 3 N–H and O–H groups in total. The monoisotopic (exact) mass is 286 g/mol. The highest BCUT2D eigenvalue weighted by Crippen LogP contribution is 2.31. The third kappa shape index (κ3) is 3.16. The molecule has 1 heterocycles. The van der Waals surface area contributed by atoms with Gasteiger partial charge in [-0.25, -0.2) is 4.79 Å². The predicted molar refractivity (Wildman–Crippen MR) is 70.6 cm³/mol. The molecule has 0 spiro atoms. The van der Waals surface area contributed by atoms with E-state index in [-0.39, 0.29) is 13.0 Å². The first-order chi connectivity index (χ1) is 9.18. The standard InChI is InChI=1S/C13H22N2O5/c1-12(2,3)20-11(19)13(8-17)5-4-6-15(13)10(18)9(14)7-16/h8-9,16H,4-7,14H2,1-3H3/t9-,13-/m0/s1. The highest BCUT2D eigenvalue weighted by molar-refractivity contribution is 6.03. The van der Waals surface area contributed by atoms with Gasteiger partial charge in [0, 0.05) is 6.54 Å². The van der Waals surface area contributed by atoms with Crippen LogP contribution in [-0.4, -0.2) is 58.5 Å². The number of amides is 1. The second-order valence-electron chi connectivity index (χ2n) is 5.93. The van der Waals surface area contributed by atoms with Crippen molar-refractivity contribution >= 4 is 18.2 Å². The number of likely N-dealkylation sites (tertiary alicyclic amines) is 1. The second-order valence-corrected chi connectivity index (χ2v) is 5.93. The number of ether oxygens (including phenoxy) is 1. The Morgan fingerprint density at radius 1 is 1.50 bits per heavy atom. The predicted octanol–water partition coefficient (Wildman–Crippen LogP) is -0.792. The average molecular weight is 286 g/mol. The Morgan fingerprint density at radius 3 is 2.55 bits per heavy atom. The smallest absolute Gasteiger partial charge is 0.340 e. The lowest BCUT2D eigenvalue weighted by molar-refractivity contribution is -0.172. The summed E-state index contributed by atoms with van der Waals surface area (Å²) in [7, 11) is 0. The van der Waals surface area contributed by atoms with Crippen LogP contribution in [0.1, 0.15) is 33.6 Å². The summed E-state index contributed by atoms with van der Waals surface area (Å²) in [5.74, 6) is -1.38. The molecule has 0 aromatic carbocycles. The van der Waals surface area contributed by atoms with Crippen LogP contribution < -0.4 is 5.73 Å². The molecule has 7 heteroatoms. The number of carbonyl (C=O) groups is 3. The van der Waals surface area contributed by atoms with E-state index in [1.165, 1.54) is 0 Å². The summed E-state index contributed by atoms with van der Waals surface area (Å²) < 4.78 is 5.24.